The zero-order valence-electron chi connectivity index (χ0n) is 15.6. The van der Waals surface area contributed by atoms with Gasteiger partial charge in [0.25, 0.3) is 17.7 Å². The summed E-state index contributed by atoms with van der Waals surface area (Å²) in [5.74, 6) is -0.449. The number of anilines is 2. The zero-order chi connectivity index (χ0) is 20.0. The number of carbonyl (C=O) groups is 3. The molecule has 2 aromatic carbocycles. The number of amides is 3. The van der Waals surface area contributed by atoms with E-state index in [1.54, 1.807) is 25.1 Å². The Labute approximate surface area is 160 Å². The third-order valence-corrected chi connectivity index (χ3v) is 4.77. The Bertz CT molecular complexity index is 1150. The topological polar surface area (TPSA) is 92.5 Å². The average Bonchev–Trinajstić information content (AvgIpc) is 3.18. The first-order chi connectivity index (χ1) is 13.3. The lowest BCUT2D eigenvalue weighted by Gasteiger charge is -2.15. The SMILES string of the molecule is Cc1cc(NC(=O)c2ccc3c(c2)C(=O)N(c2ccc(C)c(C)c2)C3=O)no1. The molecular formula is C21H17N3O4. The molecule has 0 fully saturated rings. The minimum absolute atomic E-state index is 0.201. The Morgan fingerprint density at radius 3 is 2.36 bits per heavy atom. The molecule has 2 heterocycles. The van der Waals surface area contributed by atoms with E-state index in [0.717, 1.165) is 16.0 Å². The quantitative estimate of drug-likeness (QED) is 0.706. The lowest BCUT2D eigenvalue weighted by Crippen LogP contribution is -2.29. The van der Waals surface area contributed by atoms with Gasteiger partial charge >= 0.3 is 0 Å². The van der Waals surface area contributed by atoms with Crippen LogP contribution in [0.15, 0.2) is 47.0 Å². The lowest BCUT2D eigenvalue weighted by atomic mass is 10.1. The van der Waals surface area contributed by atoms with Crippen LogP contribution in [0.25, 0.3) is 0 Å². The van der Waals surface area contributed by atoms with E-state index in [-0.39, 0.29) is 22.5 Å². The van der Waals surface area contributed by atoms with Crippen LogP contribution in [0.3, 0.4) is 0 Å². The molecule has 28 heavy (non-hydrogen) atoms. The molecule has 3 amide bonds. The van der Waals surface area contributed by atoms with Crippen molar-refractivity contribution in [2.75, 3.05) is 10.2 Å². The van der Waals surface area contributed by atoms with Gasteiger partial charge in [0.1, 0.15) is 5.76 Å². The first kappa shape index (κ1) is 17.7. The summed E-state index contributed by atoms with van der Waals surface area (Å²) in [5.41, 5.74) is 3.30. The van der Waals surface area contributed by atoms with Gasteiger partial charge in [-0.2, -0.15) is 0 Å². The number of imide groups is 1. The van der Waals surface area contributed by atoms with Crippen LogP contribution in [0, 0.1) is 20.8 Å². The molecule has 0 bridgehead atoms. The maximum Gasteiger partial charge on any atom is 0.266 e. The second-order valence-corrected chi connectivity index (χ2v) is 6.75. The molecule has 0 radical (unpaired) electrons. The lowest BCUT2D eigenvalue weighted by molar-refractivity contribution is 0.0925. The fraction of sp³-hybridized carbons (Fsp3) is 0.143. The average molecular weight is 375 g/mol. The number of hydrogen-bond donors (Lipinski definition) is 1. The van der Waals surface area contributed by atoms with Crippen molar-refractivity contribution in [2.24, 2.45) is 0 Å². The Balaban J connectivity index is 1.65. The third kappa shape index (κ3) is 2.87. The summed E-state index contributed by atoms with van der Waals surface area (Å²) in [6.45, 7) is 5.59. The van der Waals surface area contributed by atoms with Crippen LogP contribution >= 0.6 is 0 Å². The second kappa shape index (κ2) is 6.45. The van der Waals surface area contributed by atoms with Crippen molar-refractivity contribution >= 4 is 29.2 Å². The number of hydrogen-bond acceptors (Lipinski definition) is 5. The van der Waals surface area contributed by atoms with Crippen molar-refractivity contribution < 1.29 is 18.9 Å². The Kier molecular flexibility index (Phi) is 4.07. The van der Waals surface area contributed by atoms with Gasteiger partial charge in [0.15, 0.2) is 5.82 Å². The van der Waals surface area contributed by atoms with Crippen molar-refractivity contribution in [1.29, 1.82) is 0 Å². The number of nitrogens with one attached hydrogen (secondary N) is 1. The maximum atomic E-state index is 12.9. The molecule has 0 atom stereocenters. The van der Waals surface area contributed by atoms with E-state index in [0.29, 0.717) is 11.4 Å². The van der Waals surface area contributed by atoms with Crippen LogP contribution < -0.4 is 10.2 Å². The summed E-state index contributed by atoms with van der Waals surface area (Å²) in [4.78, 5) is 39.2. The first-order valence-electron chi connectivity index (χ1n) is 8.70. The summed E-state index contributed by atoms with van der Waals surface area (Å²) in [6, 6.07) is 11.4. The number of aromatic nitrogens is 1. The fourth-order valence-corrected chi connectivity index (χ4v) is 3.10. The van der Waals surface area contributed by atoms with Gasteiger partial charge in [-0.15, -0.1) is 0 Å². The predicted octanol–water partition coefficient (Wildman–Crippen LogP) is 3.65. The van der Waals surface area contributed by atoms with E-state index in [2.05, 4.69) is 10.5 Å². The molecule has 0 aliphatic carbocycles. The van der Waals surface area contributed by atoms with E-state index in [1.807, 2.05) is 19.9 Å². The first-order valence-corrected chi connectivity index (χ1v) is 8.70. The van der Waals surface area contributed by atoms with Gasteiger partial charge in [0.2, 0.25) is 0 Å². The highest BCUT2D eigenvalue weighted by Crippen LogP contribution is 2.30. The maximum absolute atomic E-state index is 12.9. The van der Waals surface area contributed by atoms with Crippen LogP contribution in [0.1, 0.15) is 48.0 Å². The van der Waals surface area contributed by atoms with Crippen LogP contribution in [0.2, 0.25) is 0 Å². The molecule has 0 unspecified atom stereocenters. The minimum Gasteiger partial charge on any atom is -0.360 e. The molecule has 1 aliphatic rings. The van der Waals surface area contributed by atoms with Crippen molar-refractivity contribution in [2.45, 2.75) is 20.8 Å². The predicted molar refractivity (Wildman–Crippen MR) is 103 cm³/mol. The largest absolute Gasteiger partial charge is 0.360 e. The molecule has 1 aliphatic heterocycles. The zero-order valence-corrected chi connectivity index (χ0v) is 15.6. The van der Waals surface area contributed by atoms with E-state index < -0.39 is 17.7 Å². The van der Waals surface area contributed by atoms with Crippen LogP contribution in [0.4, 0.5) is 11.5 Å². The smallest absolute Gasteiger partial charge is 0.266 e. The standard InChI is InChI=1S/C21H17N3O4/c1-11-4-6-15(8-12(11)2)24-20(26)16-7-5-14(10-17(16)21(24)27)19(25)22-18-9-13(3)28-23-18/h4-10H,1-3H3,(H,22,23,25). The highest BCUT2D eigenvalue weighted by atomic mass is 16.5. The van der Waals surface area contributed by atoms with Crippen molar-refractivity contribution in [3.8, 4) is 0 Å². The molecule has 0 saturated carbocycles. The fourth-order valence-electron chi connectivity index (χ4n) is 3.10. The van der Waals surface area contributed by atoms with Crippen molar-refractivity contribution in [3.05, 3.63) is 76.0 Å². The number of fused-ring (bicyclic) bond motifs is 1. The minimum atomic E-state index is -0.449. The number of carbonyl (C=O) groups excluding carboxylic acids is 3. The number of nitrogens with zero attached hydrogens (tertiary/aromatic N) is 2. The van der Waals surface area contributed by atoms with Crippen LogP contribution in [0.5, 0.6) is 0 Å². The molecule has 0 spiro atoms. The molecule has 7 heteroatoms. The van der Waals surface area contributed by atoms with Gasteiger partial charge in [0.05, 0.1) is 16.8 Å². The van der Waals surface area contributed by atoms with Gasteiger partial charge in [-0.25, -0.2) is 4.90 Å². The molecule has 0 saturated heterocycles. The Hall–Kier alpha value is -3.74. The molecule has 1 N–H and O–H groups in total. The third-order valence-electron chi connectivity index (χ3n) is 4.77. The number of rotatable bonds is 3. The van der Waals surface area contributed by atoms with E-state index >= 15 is 0 Å². The van der Waals surface area contributed by atoms with Gasteiger partial charge in [-0.3, -0.25) is 14.4 Å². The monoisotopic (exact) mass is 375 g/mol. The van der Waals surface area contributed by atoms with Crippen LogP contribution in [-0.4, -0.2) is 22.9 Å². The molecular weight excluding hydrogens is 358 g/mol. The normalized spacial score (nSPS) is 13.0. The highest BCUT2D eigenvalue weighted by molar-refractivity contribution is 6.34. The van der Waals surface area contributed by atoms with Crippen LogP contribution in [-0.2, 0) is 0 Å². The molecule has 1 aromatic heterocycles. The summed E-state index contributed by atoms with van der Waals surface area (Å²) in [7, 11) is 0. The van der Waals surface area contributed by atoms with E-state index in [1.165, 1.54) is 18.2 Å². The molecule has 7 nitrogen and oxygen atoms in total. The Morgan fingerprint density at radius 2 is 1.68 bits per heavy atom. The van der Waals surface area contributed by atoms with E-state index in [9.17, 15) is 14.4 Å². The Morgan fingerprint density at radius 1 is 0.929 bits per heavy atom. The van der Waals surface area contributed by atoms with Gasteiger partial charge in [-0.1, -0.05) is 11.2 Å². The summed E-state index contributed by atoms with van der Waals surface area (Å²) in [6.07, 6.45) is 0. The molecule has 3 aromatic rings. The van der Waals surface area contributed by atoms with Gasteiger partial charge in [-0.05, 0) is 62.2 Å². The van der Waals surface area contributed by atoms with E-state index in [4.69, 9.17) is 4.52 Å². The highest BCUT2D eigenvalue weighted by Gasteiger charge is 2.37. The molecule has 140 valence electrons. The summed E-state index contributed by atoms with van der Waals surface area (Å²) >= 11 is 0. The summed E-state index contributed by atoms with van der Waals surface area (Å²) < 4.78 is 4.92. The van der Waals surface area contributed by atoms with Crippen molar-refractivity contribution in [3.63, 3.8) is 0 Å². The number of benzene rings is 2. The molecule has 4 rings (SSSR count). The second-order valence-electron chi connectivity index (χ2n) is 6.75. The van der Waals surface area contributed by atoms with Gasteiger partial charge < -0.3 is 9.84 Å². The summed E-state index contributed by atoms with van der Waals surface area (Å²) in [5, 5.41) is 6.31. The van der Waals surface area contributed by atoms with Crippen molar-refractivity contribution in [1.82, 2.24) is 5.16 Å². The van der Waals surface area contributed by atoms with Gasteiger partial charge in [0, 0.05) is 11.6 Å². The number of aryl methyl sites for hydroxylation is 3.